The minimum Gasteiger partial charge on any atom is -0.349 e. The van der Waals surface area contributed by atoms with Crippen LogP contribution in [0.1, 0.15) is 41.0 Å². The summed E-state index contributed by atoms with van der Waals surface area (Å²) >= 11 is 0. The molecule has 5 heteroatoms. The first-order valence-corrected chi connectivity index (χ1v) is 6.72. The van der Waals surface area contributed by atoms with Gasteiger partial charge in [-0.2, -0.15) is 0 Å². The minimum absolute atomic E-state index is 0.00336. The maximum absolute atomic E-state index is 12.2. The summed E-state index contributed by atoms with van der Waals surface area (Å²) in [6, 6.07) is 0.00336. The number of hydrogen-bond donors (Lipinski definition) is 2. The molecule has 2 unspecified atom stereocenters. The van der Waals surface area contributed by atoms with Gasteiger partial charge in [-0.3, -0.25) is 4.79 Å². The SMILES string of the molecule is CCC(C)(N)C(=O)NC(Cn1ccnc1)C(C)(C)C. The van der Waals surface area contributed by atoms with E-state index in [2.05, 4.69) is 31.1 Å². The lowest BCUT2D eigenvalue weighted by Crippen LogP contribution is -2.57. The zero-order valence-corrected chi connectivity index (χ0v) is 12.6. The maximum Gasteiger partial charge on any atom is 0.240 e. The van der Waals surface area contributed by atoms with Gasteiger partial charge in [-0.1, -0.05) is 27.7 Å². The second-order valence-electron chi connectivity index (χ2n) is 6.42. The van der Waals surface area contributed by atoms with Gasteiger partial charge in [-0.05, 0) is 18.8 Å². The smallest absolute Gasteiger partial charge is 0.240 e. The van der Waals surface area contributed by atoms with Gasteiger partial charge in [0.25, 0.3) is 0 Å². The van der Waals surface area contributed by atoms with E-state index in [9.17, 15) is 4.79 Å². The second-order valence-corrected chi connectivity index (χ2v) is 6.42. The third kappa shape index (κ3) is 4.35. The number of amides is 1. The van der Waals surface area contributed by atoms with Crippen LogP contribution in [0.25, 0.3) is 0 Å². The van der Waals surface area contributed by atoms with E-state index in [0.717, 1.165) is 0 Å². The highest BCUT2D eigenvalue weighted by Gasteiger charge is 2.32. The van der Waals surface area contributed by atoms with Gasteiger partial charge in [-0.25, -0.2) is 4.98 Å². The van der Waals surface area contributed by atoms with Crippen LogP contribution in [0, 0.1) is 5.41 Å². The van der Waals surface area contributed by atoms with Crippen LogP contribution in [-0.4, -0.2) is 27.0 Å². The van der Waals surface area contributed by atoms with Crippen molar-refractivity contribution in [3.05, 3.63) is 18.7 Å². The molecule has 0 bridgehead atoms. The Hall–Kier alpha value is -1.36. The quantitative estimate of drug-likeness (QED) is 0.849. The number of carbonyl (C=O) groups is 1. The zero-order chi connectivity index (χ0) is 14.7. The Morgan fingerprint density at radius 3 is 2.47 bits per heavy atom. The Bertz CT molecular complexity index is 404. The van der Waals surface area contributed by atoms with Gasteiger partial charge in [-0.15, -0.1) is 0 Å². The van der Waals surface area contributed by atoms with Gasteiger partial charge in [0, 0.05) is 18.9 Å². The van der Waals surface area contributed by atoms with Crippen molar-refractivity contribution in [1.82, 2.24) is 14.9 Å². The summed E-state index contributed by atoms with van der Waals surface area (Å²) in [6.45, 7) is 10.7. The average molecular weight is 266 g/mol. The van der Waals surface area contributed by atoms with E-state index < -0.39 is 5.54 Å². The molecule has 108 valence electrons. The molecule has 0 aliphatic rings. The lowest BCUT2D eigenvalue weighted by molar-refractivity contribution is -0.127. The zero-order valence-electron chi connectivity index (χ0n) is 12.6. The molecule has 0 radical (unpaired) electrons. The molecule has 0 saturated carbocycles. The predicted octanol–water partition coefficient (Wildman–Crippen LogP) is 1.54. The number of imidazole rings is 1. The first kappa shape index (κ1) is 15.7. The number of rotatable bonds is 5. The van der Waals surface area contributed by atoms with Crippen molar-refractivity contribution in [2.45, 2.75) is 59.2 Å². The number of hydrogen-bond acceptors (Lipinski definition) is 3. The fraction of sp³-hybridized carbons (Fsp3) is 0.714. The largest absolute Gasteiger partial charge is 0.349 e. The molecule has 0 spiro atoms. The highest BCUT2D eigenvalue weighted by Crippen LogP contribution is 2.21. The van der Waals surface area contributed by atoms with Gasteiger partial charge in [0.15, 0.2) is 0 Å². The fourth-order valence-electron chi connectivity index (χ4n) is 1.63. The monoisotopic (exact) mass is 266 g/mol. The third-order valence-electron chi connectivity index (χ3n) is 3.56. The summed E-state index contributed by atoms with van der Waals surface area (Å²) in [6.07, 6.45) is 6.00. The molecule has 1 amide bonds. The molecule has 0 fully saturated rings. The Balaban J connectivity index is 2.79. The number of aromatic nitrogens is 2. The maximum atomic E-state index is 12.2. The van der Waals surface area contributed by atoms with Crippen LogP contribution in [0.2, 0.25) is 0 Å². The second kappa shape index (κ2) is 5.74. The van der Waals surface area contributed by atoms with Crippen molar-refractivity contribution in [3.8, 4) is 0 Å². The van der Waals surface area contributed by atoms with Crippen LogP contribution in [-0.2, 0) is 11.3 Å². The molecule has 19 heavy (non-hydrogen) atoms. The van der Waals surface area contributed by atoms with E-state index in [-0.39, 0.29) is 17.4 Å². The fourth-order valence-corrected chi connectivity index (χ4v) is 1.63. The molecular formula is C14H26N4O. The highest BCUT2D eigenvalue weighted by molar-refractivity contribution is 5.85. The number of nitrogens with one attached hydrogen (secondary N) is 1. The van der Waals surface area contributed by atoms with E-state index in [1.807, 2.05) is 17.7 Å². The molecule has 5 nitrogen and oxygen atoms in total. The normalized spacial score (nSPS) is 16.7. The Kier molecular flexibility index (Phi) is 4.74. The van der Waals surface area contributed by atoms with Gasteiger partial charge in [0.05, 0.1) is 17.9 Å². The van der Waals surface area contributed by atoms with Crippen LogP contribution in [0.5, 0.6) is 0 Å². The molecule has 3 N–H and O–H groups in total. The van der Waals surface area contributed by atoms with Crippen molar-refractivity contribution in [1.29, 1.82) is 0 Å². The number of carbonyl (C=O) groups excluding carboxylic acids is 1. The van der Waals surface area contributed by atoms with Crippen LogP contribution in [0.3, 0.4) is 0 Å². The number of nitrogens with zero attached hydrogens (tertiary/aromatic N) is 2. The molecule has 0 saturated heterocycles. The first-order chi connectivity index (χ1) is 8.66. The van der Waals surface area contributed by atoms with Crippen LogP contribution in [0.15, 0.2) is 18.7 Å². The summed E-state index contributed by atoms with van der Waals surface area (Å²) in [5.74, 6) is -0.102. The van der Waals surface area contributed by atoms with Crippen LogP contribution < -0.4 is 11.1 Å². The summed E-state index contributed by atoms with van der Waals surface area (Å²) in [5.41, 5.74) is 5.12. The Labute approximate surface area is 115 Å². The van der Waals surface area contributed by atoms with E-state index in [1.165, 1.54) is 0 Å². The van der Waals surface area contributed by atoms with Crippen molar-refractivity contribution < 1.29 is 4.79 Å². The van der Waals surface area contributed by atoms with Gasteiger partial charge >= 0.3 is 0 Å². The third-order valence-corrected chi connectivity index (χ3v) is 3.56. The Morgan fingerprint density at radius 2 is 2.05 bits per heavy atom. The van der Waals surface area contributed by atoms with Crippen molar-refractivity contribution in [3.63, 3.8) is 0 Å². The summed E-state index contributed by atoms with van der Waals surface area (Å²) in [5, 5.41) is 3.07. The molecule has 2 atom stereocenters. The van der Waals surface area contributed by atoms with Gasteiger partial charge in [0.2, 0.25) is 5.91 Å². The lowest BCUT2D eigenvalue weighted by Gasteiger charge is -2.34. The Morgan fingerprint density at radius 1 is 1.42 bits per heavy atom. The average Bonchev–Trinajstić information content (AvgIpc) is 2.79. The van der Waals surface area contributed by atoms with Crippen molar-refractivity contribution >= 4 is 5.91 Å². The van der Waals surface area contributed by atoms with E-state index in [1.54, 1.807) is 19.4 Å². The predicted molar refractivity (Wildman–Crippen MR) is 76.5 cm³/mol. The molecule has 1 aromatic heterocycles. The van der Waals surface area contributed by atoms with Gasteiger partial charge in [0.1, 0.15) is 0 Å². The first-order valence-electron chi connectivity index (χ1n) is 6.72. The van der Waals surface area contributed by atoms with Crippen LogP contribution in [0.4, 0.5) is 0 Å². The molecule has 0 aliphatic carbocycles. The standard InChI is InChI=1S/C14H26N4O/c1-6-14(5,15)12(19)17-11(13(2,3)4)9-18-8-7-16-10-18/h7-8,10-11H,6,9,15H2,1-5H3,(H,17,19). The topological polar surface area (TPSA) is 72.9 Å². The van der Waals surface area contributed by atoms with Crippen molar-refractivity contribution in [2.24, 2.45) is 11.1 Å². The van der Waals surface area contributed by atoms with E-state index in [0.29, 0.717) is 13.0 Å². The lowest BCUT2D eigenvalue weighted by atomic mass is 9.85. The summed E-state index contributed by atoms with van der Waals surface area (Å²) < 4.78 is 1.97. The molecule has 0 aliphatic heterocycles. The molecule has 1 aromatic rings. The van der Waals surface area contributed by atoms with Gasteiger partial charge < -0.3 is 15.6 Å². The highest BCUT2D eigenvalue weighted by atomic mass is 16.2. The summed E-state index contributed by atoms with van der Waals surface area (Å²) in [4.78, 5) is 16.2. The van der Waals surface area contributed by atoms with Crippen molar-refractivity contribution in [2.75, 3.05) is 0 Å². The minimum atomic E-state index is -0.821. The van der Waals surface area contributed by atoms with Crippen LogP contribution >= 0.6 is 0 Å². The molecular weight excluding hydrogens is 240 g/mol. The summed E-state index contributed by atoms with van der Waals surface area (Å²) in [7, 11) is 0. The van der Waals surface area contributed by atoms with E-state index >= 15 is 0 Å². The molecule has 1 rings (SSSR count). The molecule has 1 heterocycles. The molecule has 0 aromatic carbocycles. The number of nitrogens with two attached hydrogens (primary N) is 1. The van der Waals surface area contributed by atoms with E-state index in [4.69, 9.17) is 5.73 Å².